The average Bonchev–Trinajstić information content (AvgIpc) is 2.95. The van der Waals surface area contributed by atoms with Crippen LogP contribution < -0.4 is 5.32 Å². The Morgan fingerprint density at radius 3 is 2.95 bits per heavy atom. The molecule has 0 amide bonds. The molecule has 2 aromatic heterocycles. The topological polar surface area (TPSA) is 55.1 Å². The van der Waals surface area contributed by atoms with Crippen LogP contribution in [0.15, 0.2) is 18.7 Å². The number of rotatable bonds is 4. The predicted octanol–water partition coefficient (Wildman–Crippen LogP) is 2.73. The molecule has 0 aliphatic heterocycles. The van der Waals surface area contributed by atoms with Crippen molar-refractivity contribution in [3.63, 3.8) is 0 Å². The van der Waals surface area contributed by atoms with Gasteiger partial charge in [0, 0.05) is 30.2 Å². The largest absolute Gasteiger partial charge is 0.366 e. The summed E-state index contributed by atoms with van der Waals surface area (Å²) < 4.78 is 1.86. The molecule has 102 valence electrons. The molecule has 0 aromatic carbocycles. The van der Waals surface area contributed by atoms with Crippen LogP contribution in [0.25, 0.3) is 5.65 Å². The summed E-state index contributed by atoms with van der Waals surface area (Å²) in [5, 5.41) is 11.4. The van der Waals surface area contributed by atoms with Crippen LogP contribution in [0.3, 0.4) is 0 Å². The molecule has 0 saturated heterocycles. The zero-order valence-corrected chi connectivity index (χ0v) is 11.6. The highest BCUT2D eigenvalue weighted by Gasteiger charge is 2.31. The second kappa shape index (κ2) is 5.33. The lowest BCUT2D eigenvalue weighted by atomic mass is 9.75. The van der Waals surface area contributed by atoms with Gasteiger partial charge in [0.25, 0.3) is 0 Å². The summed E-state index contributed by atoms with van der Waals surface area (Å²) in [4.78, 5) is 4.35. The van der Waals surface area contributed by atoms with Crippen molar-refractivity contribution in [2.24, 2.45) is 5.41 Å². The second-order valence-electron chi connectivity index (χ2n) is 5.39. The Labute approximate surface area is 117 Å². The Bertz CT molecular complexity index is 547. The minimum Gasteiger partial charge on any atom is -0.366 e. The van der Waals surface area contributed by atoms with E-state index in [0.717, 1.165) is 18.0 Å². The van der Waals surface area contributed by atoms with Crippen LogP contribution in [0, 0.1) is 5.41 Å². The van der Waals surface area contributed by atoms with Gasteiger partial charge >= 0.3 is 0 Å². The van der Waals surface area contributed by atoms with E-state index in [-0.39, 0.29) is 5.41 Å². The number of halogens is 1. The maximum absolute atomic E-state index is 6.21. The van der Waals surface area contributed by atoms with Crippen molar-refractivity contribution in [2.75, 3.05) is 17.7 Å². The van der Waals surface area contributed by atoms with Crippen molar-refractivity contribution in [3.05, 3.63) is 18.7 Å². The molecular weight excluding hydrogens is 262 g/mol. The first-order valence-corrected chi connectivity index (χ1v) is 7.31. The summed E-state index contributed by atoms with van der Waals surface area (Å²) in [5.74, 6) is 1.49. The molecule has 6 heteroatoms. The van der Waals surface area contributed by atoms with Crippen LogP contribution in [0.4, 0.5) is 5.82 Å². The van der Waals surface area contributed by atoms with Crippen molar-refractivity contribution in [1.29, 1.82) is 0 Å². The fraction of sp³-hybridized carbons (Fsp3) is 0.615. The van der Waals surface area contributed by atoms with E-state index in [9.17, 15) is 0 Å². The third-order valence-corrected chi connectivity index (χ3v) is 4.61. The maximum atomic E-state index is 6.21. The fourth-order valence-electron chi connectivity index (χ4n) is 2.81. The van der Waals surface area contributed by atoms with E-state index in [1.807, 2.05) is 10.6 Å². The summed E-state index contributed by atoms with van der Waals surface area (Å²) in [6, 6.07) is 0. The molecule has 0 unspecified atom stereocenters. The van der Waals surface area contributed by atoms with E-state index >= 15 is 0 Å². The van der Waals surface area contributed by atoms with Gasteiger partial charge in [-0.25, -0.2) is 4.98 Å². The molecule has 3 rings (SSSR count). The van der Waals surface area contributed by atoms with Gasteiger partial charge in [0.05, 0.1) is 0 Å². The van der Waals surface area contributed by atoms with Crippen molar-refractivity contribution >= 4 is 23.1 Å². The van der Waals surface area contributed by atoms with Gasteiger partial charge in [-0.15, -0.1) is 21.8 Å². The van der Waals surface area contributed by atoms with Crippen LogP contribution >= 0.6 is 11.6 Å². The summed E-state index contributed by atoms with van der Waals surface area (Å²) in [6.07, 6.45) is 11.6. The van der Waals surface area contributed by atoms with E-state index in [2.05, 4.69) is 20.5 Å². The molecule has 2 heterocycles. The number of anilines is 1. The van der Waals surface area contributed by atoms with Gasteiger partial charge in [0.2, 0.25) is 5.65 Å². The van der Waals surface area contributed by atoms with Crippen LogP contribution in [-0.4, -0.2) is 32.0 Å². The molecule has 5 nitrogen and oxygen atoms in total. The predicted molar refractivity (Wildman–Crippen MR) is 75.5 cm³/mol. The maximum Gasteiger partial charge on any atom is 0.203 e. The average molecular weight is 280 g/mol. The standard InChI is InChI=1S/C13H18ClN5/c14-8-13(4-2-1-3-5-13)9-16-11-12-18-17-10-19(12)7-6-15-11/h6-7,10H,1-5,8-9H2,(H,15,16). The highest BCUT2D eigenvalue weighted by molar-refractivity contribution is 6.18. The number of hydrogen-bond donors (Lipinski definition) is 1. The van der Waals surface area contributed by atoms with Crippen LogP contribution in [0.2, 0.25) is 0 Å². The minimum atomic E-state index is 0.203. The van der Waals surface area contributed by atoms with E-state index in [1.165, 1.54) is 32.1 Å². The van der Waals surface area contributed by atoms with Gasteiger partial charge in [0.1, 0.15) is 6.33 Å². The van der Waals surface area contributed by atoms with Gasteiger partial charge < -0.3 is 5.32 Å². The summed E-state index contributed by atoms with van der Waals surface area (Å²) in [7, 11) is 0. The third kappa shape index (κ3) is 2.52. The molecule has 1 aliphatic rings. The van der Waals surface area contributed by atoms with Gasteiger partial charge in [-0.05, 0) is 12.8 Å². The molecule has 19 heavy (non-hydrogen) atoms. The first-order valence-electron chi connectivity index (χ1n) is 6.77. The quantitative estimate of drug-likeness (QED) is 0.875. The normalized spacial score (nSPS) is 18.6. The van der Waals surface area contributed by atoms with Crippen molar-refractivity contribution in [3.8, 4) is 0 Å². The molecule has 1 N–H and O–H groups in total. The van der Waals surface area contributed by atoms with Gasteiger partial charge in [0.15, 0.2) is 5.82 Å². The van der Waals surface area contributed by atoms with E-state index in [0.29, 0.717) is 5.88 Å². The molecule has 1 saturated carbocycles. The monoisotopic (exact) mass is 279 g/mol. The Morgan fingerprint density at radius 1 is 1.32 bits per heavy atom. The van der Waals surface area contributed by atoms with E-state index < -0.39 is 0 Å². The molecule has 0 atom stereocenters. The van der Waals surface area contributed by atoms with Gasteiger partial charge in [-0.3, -0.25) is 4.40 Å². The molecule has 0 bridgehead atoms. The number of fused-ring (bicyclic) bond motifs is 1. The number of hydrogen-bond acceptors (Lipinski definition) is 4. The molecular formula is C13H18ClN5. The Balaban J connectivity index is 1.76. The Kier molecular flexibility index (Phi) is 3.55. The summed E-state index contributed by atoms with van der Waals surface area (Å²) in [5.41, 5.74) is 0.969. The fourth-order valence-corrected chi connectivity index (χ4v) is 3.18. The Hall–Kier alpha value is -1.36. The van der Waals surface area contributed by atoms with Gasteiger partial charge in [-0.2, -0.15) is 0 Å². The van der Waals surface area contributed by atoms with Gasteiger partial charge in [-0.1, -0.05) is 19.3 Å². The van der Waals surface area contributed by atoms with Crippen LogP contribution in [-0.2, 0) is 0 Å². The highest BCUT2D eigenvalue weighted by Crippen LogP contribution is 2.37. The molecule has 0 spiro atoms. The second-order valence-corrected chi connectivity index (χ2v) is 5.65. The van der Waals surface area contributed by atoms with E-state index in [4.69, 9.17) is 11.6 Å². The van der Waals surface area contributed by atoms with Crippen molar-refractivity contribution in [2.45, 2.75) is 32.1 Å². The number of alkyl halides is 1. The van der Waals surface area contributed by atoms with Crippen molar-refractivity contribution in [1.82, 2.24) is 19.6 Å². The first kappa shape index (κ1) is 12.7. The lowest BCUT2D eigenvalue weighted by Crippen LogP contribution is -2.34. The van der Waals surface area contributed by atoms with Crippen LogP contribution in [0.1, 0.15) is 32.1 Å². The molecule has 2 aromatic rings. The summed E-state index contributed by atoms with van der Waals surface area (Å²) in [6.45, 7) is 0.857. The van der Waals surface area contributed by atoms with Crippen molar-refractivity contribution < 1.29 is 0 Å². The molecule has 0 radical (unpaired) electrons. The third-order valence-electron chi connectivity index (χ3n) is 4.04. The zero-order valence-electron chi connectivity index (χ0n) is 10.8. The summed E-state index contributed by atoms with van der Waals surface area (Å²) >= 11 is 6.21. The minimum absolute atomic E-state index is 0.203. The SMILES string of the molecule is ClCC1(CNc2nccn3cnnc23)CCCCC1. The number of nitrogens with one attached hydrogen (secondary N) is 1. The zero-order chi connectivity index (χ0) is 13.1. The smallest absolute Gasteiger partial charge is 0.203 e. The lowest BCUT2D eigenvalue weighted by molar-refractivity contribution is 0.238. The Morgan fingerprint density at radius 2 is 2.16 bits per heavy atom. The number of nitrogens with zero attached hydrogens (tertiary/aromatic N) is 4. The highest BCUT2D eigenvalue weighted by atomic mass is 35.5. The van der Waals surface area contributed by atoms with E-state index in [1.54, 1.807) is 12.5 Å². The molecule has 1 aliphatic carbocycles. The number of aromatic nitrogens is 4. The molecule has 1 fully saturated rings. The lowest BCUT2D eigenvalue weighted by Gasteiger charge is -2.35. The first-order chi connectivity index (χ1) is 9.33. The van der Waals surface area contributed by atoms with Crippen LogP contribution in [0.5, 0.6) is 0 Å².